The van der Waals surface area contributed by atoms with Gasteiger partial charge in [0.15, 0.2) is 6.61 Å². The van der Waals surface area contributed by atoms with E-state index in [1.807, 2.05) is 13.8 Å². The predicted molar refractivity (Wildman–Crippen MR) is 102 cm³/mol. The smallest absolute Gasteiger partial charge is 0.341 e. The summed E-state index contributed by atoms with van der Waals surface area (Å²) in [6, 6.07) is 6.84. The lowest BCUT2D eigenvalue weighted by Gasteiger charge is -2.10. The van der Waals surface area contributed by atoms with Gasteiger partial charge in [0.2, 0.25) is 11.7 Å². The van der Waals surface area contributed by atoms with Crippen LogP contribution in [0.5, 0.6) is 11.6 Å². The molecule has 3 rings (SSSR count). The van der Waals surface area contributed by atoms with Gasteiger partial charge in [0.1, 0.15) is 10.8 Å². The second-order valence-corrected chi connectivity index (χ2v) is 6.62. The molecule has 0 fully saturated rings. The Hall–Kier alpha value is -3.13. The Morgan fingerprint density at radius 3 is 2.82 bits per heavy atom. The molecule has 146 valence electrons. The van der Waals surface area contributed by atoms with Gasteiger partial charge in [-0.05, 0) is 32.9 Å². The molecule has 1 N–H and O–H groups in total. The lowest BCUT2D eigenvalue weighted by molar-refractivity contribution is -0.139. The van der Waals surface area contributed by atoms with Crippen LogP contribution in [0.4, 0.5) is 0 Å². The van der Waals surface area contributed by atoms with Crippen LogP contribution in [0.3, 0.4) is 0 Å². The van der Waals surface area contributed by atoms with E-state index in [0.29, 0.717) is 39.2 Å². The summed E-state index contributed by atoms with van der Waals surface area (Å²) in [5.41, 5.74) is 1.92. The SMILES string of the molecule is Cc1c(OCC(=O)O)cccc1-c1noc(-c2cnc(OC(C)C)c(Cl)c2)n1. The highest BCUT2D eigenvalue weighted by Crippen LogP contribution is 2.31. The molecule has 0 bridgehead atoms. The molecular formula is C19H18ClN3O5. The molecular weight excluding hydrogens is 386 g/mol. The number of nitrogens with zero attached hydrogens (tertiary/aromatic N) is 3. The number of hydrogen-bond donors (Lipinski definition) is 1. The van der Waals surface area contributed by atoms with Gasteiger partial charge in [-0.3, -0.25) is 0 Å². The molecule has 1 aromatic carbocycles. The van der Waals surface area contributed by atoms with Gasteiger partial charge in [-0.15, -0.1) is 0 Å². The number of aliphatic carboxylic acids is 1. The zero-order chi connectivity index (χ0) is 20.3. The molecule has 0 spiro atoms. The minimum atomic E-state index is -1.05. The van der Waals surface area contributed by atoms with Crippen molar-refractivity contribution in [1.29, 1.82) is 0 Å². The molecule has 8 nitrogen and oxygen atoms in total. The van der Waals surface area contributed by atoms with Gasteiger partial charge >= 0.3 is 5.97 Å². The van der Waals surface area contributed by atoms with Crippen molar-refractivity contribution in [3.63, 3.8) is 0 Å². The highest BCUT2D eigenvalue weighted by atomic mass is 35.5. The van der Waals surface area contributed by atoms with Crippen molar-refractivity contribution < 1.29 is 23.9 Å². The fraction of sp³-hybridized carbons (Fsp3) is 0.263. The summed E-state index contributed by atoms with van der Waals surface area (Å²) in [4.78, 5) is 19.3. The number of halogens is 1. The highest BCUT2D eigenvalue weighted by Gasteiger charge is 2.17. The second kappa shape index (κ2) is 8.26. The van der Waals surface area contributed by atoms with Crippen LogP contribution in [0.1, 0.15) is 19.4 Å². The third-order valence-electron chi connectivity index (χ3n) is 3.70. The Kier molecular flexibility index (Phi) is 5.79. The molecule has 0 amide bonds. The van der Waals surface area contributed by atoms with E-state index in [-0.39, 0.29) is 12.0 Å². The molecule has 9 heteroatoms. The predicted octanol–water partition coefficient (Wildman–Crippen LogP) is 4.01. The van der Waals surface area contributed by atoms with E-state index < -0.39 is 12.6 Å². The first kappa shape index (κ1) is 19.6. The lowest BCUT2D eigenvalue weighted by atomic mass is 10.1. The third kappa shape index (κ3) is 4.40. The number of pyridine rings is 1. The molecule has 0 unspecified atom stereocenters. The maximum absolute atomic E-state index is 10.7. The Morgan fingerprint density at radius 2 is 2.14 bits per heavy atom. The molecule has 2 heterocycles. The molecule has 0 saturated heterocycles. The summed E-state index contributed by atoms with van der Waals surface area (Å²) in [6.45, 7) is 5.12. The van der Waals surface area contributed by atoms with E-state index in [1.54, 1.807) is 37.4 Å². The van der Waals surface area contributed by atoms with Crippen LogP contribution in [0.15, 0.2) is 35.0 Å². The fourth-order valence-electron chi connectivity index (χ4n) is 2.45. The van der Waals surface area contributed by atoms with Crippen LogP contribution in [0, 0.1) is 6.92 Å². The van der Waals surface area contributed by atoms with E-state index in [2.05, 4.69) is 15.1 Å². The number of rotatable bonds is 7. The van der Waals surface area contributed by atoms with Crippen molar-refractivity contribution >= 4 is 17.6 Å². The molecule has 28 heavy (non-hydrogen) atoms. The van der Waals surface area contributed by atoms with E-state index in [0.717, 1.165) is 0 Å². The summed E-state index contributed by atoms with van der Waals surface area (Å²) in [5.74, 6) is 0.301. The Labute approximate surface area is 166 Å². The molecule has 0 aliphatic rings. The standard InChI is InChI=1S/C19H18ClN3O5/c1-10(2)27-19-14(20)7-12(8-21-19)18-22-17(23-28-18)13-5-4-6-15(11(13)3)26-9-16(24)25/h4-8,10H,9H2,1-3H3,(H,24,25). The van der Waals surface area contributed by atoms with Gasteiger partial charge in [0.25, 0.3) is 5.89 Å². The molecule has 2 aromatic heterocycles. The first-order valence-electron chi connectivity index (χ1n) is 8.46. The molecule has 0 atom stereocenters. The van der Waals surface area contributed by atoms with E-state index in [4.69, 9.17) is 30.7 Å². The Morgan fingerprint density at radius 1 is 1.36 bits per heavy atom. The zero-order valence-electron chi connectivity index (χ0n) is 15.5. The van der Waals surface area contributed by atoms with E-state index in [9.17, 15) is 4.79 Å². The van der Waals surface area contributed by atoms with Crippen molar-refractivity contribution in [3.05, 3.63) is 41.0 Å². The molecule has 0 radical (unpaired) electrons. The fourth-order valence-corrected chi connectivity index (χ4v) is 2.67. The maximum Gasteiger partial charge on any atom is 0.341 e. The first-order chi connectivity index (χ1) is 13.3. The molecule has 0 aliphatic carbocycles. The first-order valence-corrected chi connectivity index (χ1v) is 8.83. The van der Waals surface area contributed by atoms with Crippen LogP contribution < -0.4 is 9.47 Å². The number of carboxylic acids is 1. The van der Waals surface area contributed by atoms with Crippen LogP contribution >= 0.6 is 11.6 Å². The van der Waals surface area contributed by atoms with Crippen LogP contribution in [0.2, 0.25) is 5.02 Å². The number of hydrogen-bond acceptors (Lipinski definition) is 7. The summed E-state index contributed by atoms with van der Waals surface area (Å²) in [7, 11) is 0. The van der Waals surface area contributed by atoms with Gasteiger partial charge in [0.05, 0.1) is 11.7 Å². The van der Waals surface area contributed by atoms with Crippen LogP contribution in [-0.4, -0.2) is 38.9 Å². The van der Waals surface area contributed by atoms with Gasteiger partial charge in [-0.25, -0.2) is 9.78 Å². The van der Waals surface area contributed by atoms with E-state index >= 15 is 0 Å². The van der Waals surface area contributed by atoms with Crippen molar-refractivity contribution in [2.75, 3.05) is 6.61 Å². The number of ether oxygens (including phenoxy) is 2. The van der Waals surface area contributed by atoms with Crippen LogP contribution in [-0.2, 0) is 4.79 Å². The molecule has 0 saturated carbocycles. The zero-order valence-corrected chi connectivity index (χ0v) is 16.2. The average Bonchev–Trinajstić information content (AvgIpc) is 3.12. The molecule has 0 aliphatic heterocycles. The van der Waals surface area contributed by atoms with Gasteiger partial charge in [-0.2, -0.15) is 4.98 Å². The third-order valence-corrected chi connectivity index (χ3v) is 3.97. The van der Waals surface area contributed by atoms with E-state index in [1.165, 1.54) is 0 Å². The Bertz CT molecular complexity index is 1000. The molecule has 3 aromatic rings. The minimum absolute atomic E-state index is 0.0514. The topological polar surface area (TPSA) is 108 Å². The van der Waals surface area contributed by atoms with Crippen molar-refractivity contribution in [2.24, 2.45) is 0 Å². The second-order valence-electron chi connectivity index (χ2n) is 6.21. The van der Waals surface area contributed by atoms with Crippen LogP contribution in [0.25, 0.3) is 22.8 Å². The average molecular weight is 404 g/mol. The van der Waals surface area contributed by atoms with Crippen molar-refractivity contribution in [3.8, 4) is 34.5 Å². The summed E-state index contributed by atoms with van der Waals surface area (Å²) in [6.07, 6.45) is 1.49. The lowest BCUT2D eigenvalue weighted by Crippen LogP contribution is -2.10. The number of aromatic nitrogens is 3. The summed E-state index contributed by atoms with van der Waals surface area (Å²) >= 11 is 6.21. The van der Waals surface area contributed by atoms with Gasteiger partial charge in [0, 0.05) is 17.3 Å². The quantitative estimate of drug-likeness (QED) is 0.630. The maximum atomic E-state index is 10.7. The number of benzene rings is 1. The van der Waals surface area contributed by atoms with Crippen molar-refractivity contribution in [1.82, 2.24) is 15.1 Å². The Balaban J connectivity index is 1.87. The summed E-state index contributed by atoms with van der Waals surface area (Å²) in [5, 5.41) is 13.1. The number of carbonyl (C=O) groups is 1. The minimum Gasteiger partial charge on any atom is -0.482 e. The number of carboxylic acid groups (broad SMARTS) is 1. The van der Waals surface area contributed by atoms with Gasteiger partial charge in [-0.1, -0.05) is 28.9 Å². The largest absolute Gasteiger partial charge is 0.482 e. The van der Waals surface area contributed by atoms with Crippen molar-refractivity contribution in [2.45, 2.75) is 26.9 Å². The van der Waals surface area contributed by atoms with Gasteiger partial charge < -0.3 is 19.1 Å². The highest BCUT2D eigenvalue weighted by molar-refractivity contribution is 6.32. The normalized spacial score (nSPS) is 10.9. The monoisotopic (exact) mass is 403 g/mol. The summed E-state index contributed by atoms with van der Waals surface area (Å²) < 4.78 is 16.1.